The third-order valence-corrected chi connectivity index (χ3v) is 4.01. The average molecular weight is 281 g/mol. The maximum absolute atomic E-state index is 5.73. The van der Waals surface area contributed by atoms with Crippen LogP contribution in [0.4, 0.5) is 17.4 Å². The number of fused-ring (bicyclic) bond motifs is 2. The van der Waals surface area contributed by atoms with Gasteiger partial charge in [0.1, 0.15) is 5.52 Å². The van der Waals surface area contributed by atoms with Gasteiger partial charge in [-0.3, -0.25) is 0 Å². The highest BCUT2D eigenvalue weighted by Gasteiger charge is 2.06. The van der Waals surface area contributed by atoms with Gasteiger partial charge in [-0.2, -0.15) is 4.98 Å². The molecule has 0 saturated carbocycles. The number of thiophene rings is 1. The monoisotopic (exact) mass is 281 g/mol. The minimum absolute atomic E-state index is 0.472. The smallest absolute Gasteiger partial charge is 0.300 e. The largest absolute Gasteiger partial charge is 0.423 e. The molecule has 2 aromatic carbocycles. The van der Waals surface area contributed by atoms with Crippen molar-refractivity contribution in [3.05, 3.63) is 47.8 Å². The molecule has 0 aliphatic carbocycles. The van der Waals surface area contributed by atoms with E-state index in [1.807, 2.05) is 18.2 Å². The van der Waals surface area contributed by atoms with Crippen molar-refractivity contribution in [3.8, 4) is 0 Å². The van der Waals surface area contributed by atoms with Crippen molar-refractivity contribution in [2.75, 3.05) is 11.1 Å². The summed E-state index contributed by atoms with van der Waals surface area (Å²) in [5.74, 6) is 0. The van der Waals surface area contributed by atoms with E-state index in [4.69, 9.17) is 10.2 Å². The minimum Gasteiger partial charge on any atom is -0.423 e. The molecule has 20 heavy (non-hydrogen) atoms. The molecule has 4 rings (SSSR count). The first-order chi connectivity index (χ1) is 9.78. The van der Waals surface area contributed by atoms with Crippen molar-refractivity contribution in [2.45, 2.75) is 0 Å². The quantitative estimate of drug-likeness (QED) is 0.535. The number of nitrogens with one attached hydrogen (secondary N) is 1. The van der Waals surface area contributed by atoms with Crippen LogP contribution in [-0.4, -0.2) is 4.98 Å². The zero-order valence-corrected chi connectivity index (χ0v) is 11.3. The van der Waals surface area contributed by atoms with Crippen molar-refractivity contribution in [3.63, 3.8) is 0 Å². The highest BCUT2D eigenvalue weighted by atomic mass is 32.1. The summed E-state index contributed by atoms with van der Waals surface area (Å²) in [6.07, 6.45) is 0. The summed E-state index contributed by atoms with van der Waals surface area (Å²) in [6.45, 7) is 0. The lowest BCUT2D eigenvalue weighted by Crippen LogP contribution is -1.89. The molecule has 2 heterocycles. The lowest BCUT2D eigenvalue weighted by Gasteiger charge is -2.01. The van der Waals surface area contributed by atoms with Crippen LogP contribution in [0.3, 0.4) is 0 Å². The molecular formula is C15H11N3OS. The fourth-order valence-electron chi connectivity index (χ4n) is 2.16. The summed E-state index contributed by atoms with van der Waals surface area (Å²) < 4.78 is 6.91. The van der Waals surface area contributed by atoms with Gasteiger partial charge in [0.25, 0.3) is 6.01 Å². The van der Waals surface area contributed by atoms with Crippen LogP contribution >= 0.6 is 11.3 Å². The van der Waals surface area contributed by atoms with Crippen LogP contribution in [0.25, 0.3) is 21.2 Å². The molecular weight excluding hydrogens is 270 g/mol. The number of anilines is 3. The molecule has 0 unspecified atom stereocenters. The molecule has 0 amide bonds. The van der Waals surface area contributed by atoms with E-state index in [0.717, 1.165) is 11.2 Å². The molecule has 0 atom stereocenters. The first-order valence-electron chi connectivity index (χ1n) is 6.18. The van der Waals surface area contributed by atoms with E-state index in [2.05, 4.69) is 33.9 Å². The standard InChI is InChI=1S/C15H11N3OS/c16-10-1-3-12-13(8-10)19-15(18-12)17-11-2-4-14-9(7-11)5-6-20-14/h1-8H,16H2,(H,17,18). The minimum atomic E-state index is 0.472. The van der Waals surface area contributed by atoms with Crippen LogP contribution in [0.15, 0.2) is 52.3 Å². The van der Waals surface area contributed by atoms with Crippen LogP contribution < -0.4 is 11.1 Å². The predicted molar refractivity (Wildman–Crippen MR) is 83.5 cm³/mol. The van der Waals surface area contributed by atoms with Gasteiger partial charge in [-0.25, -0.2) is 0 Å². The summed E-state index contributed by atoms with van der Waals surface area (Å²) in [5, 5.41) is 6.47. The fraction of sp³-hybridized carbons (Fsp3) is 0. The van der Waals surface area contributed by atoms with E-state index in [1.54, 1.807) is 17.4 Å². The number of nitrogens with two attached hydrogens (primary N) is 1. The zero-order valence-electron chi connectivity index (χ0n) is 10.5. The summed E-state index contributed by atoms with van der Waals surface area (Å²) >= 11 is 1.73. The molecule has 98 valence electrons. The summed E-state index contributed by atoms with van der Waals surface area (Å²) in [7, 11) is 0. The Morgan fingerprint density at radius 3 is 3.00 bits per heavy atom. The van der Waals surface area contributed by atoms with Gasteiger partial charge in [-0.15, -0.1) is 11.3 Å². The topological polar surface area (TPSA) is 64.1 Å². The number of rotatable bonds is 2. The van der Waals surface area contributed by atoms with E-state index in [-0.39, 0.29) is 0 Å². The van der Waals surface area contributed by atoms with E-state index in [1.165, 1.54) is 10.1 Å². The maximum atomic E-state index is 5.73. The Morgan fingerprint density at radius 1 is 1.10 bits per heavy atom. The zero-order chi connectivity index (χ0) is 13.5. The first kappa shape index (κ1) is 11.3. The molecule has 0 fully saturated rings. The number of hydrogen-bond donors (Lipinski definition) is 2. The fourth-order valence-corrected chi connectivity index (χ4v) is 2.93. The van der Waals surface area contributed by atoms with E-state index < -0.39 is 0 Å². The Morgan fingerprint density at radius 2 is 2.05 bits per heavy atom. The first-order valence-corrected chi connectivity index (χ1v) is 7.06. The van der Waals surface area contributed by atoms with Gasteiger partial charge >= 0.3 is 0 Å². The van der Waals surface area contributed by atoms with Crippen LogP contribution in [0.1, 0.15) is 0 Å². The molecule has 4 nitrogen and oxygen atoms in total. The second-order valence-corrected chi connectivity index (χ2v) is 5.49. The molecule has 0 saturated heterocycles. The Hall–Kier alpha value is -2.53. The van der Waals surface area contributed by atoms with Crippen LogP contribution in [-0.2, 0) is 0 Å². The van der Waals surface area contributed by atoms with Gasteiger partial charge in [0, 0.05) is 22.1 Å². The number of hydrogen-bond acceptors (Lipinski definition) is 5. The molecule has 5 heteroatoms. The third kappa shape index (κ3) is 1.88. The molecule has 2 aromatic heterocycles. The molecule has 0 aliphatic rings. The van der Waals surface area contributed by atoms with Crippen molar-refractivity contribution in [2.24, 2.45) is 0 Å². The van der Waals surface area contributed by atoms with Crippen LogP contribution in [0, 0.1) is 0 Å². The molecule has 0 spiro atoms. The highest BCUT2D eigenvalue weighted by Crippen LogP contribution is 2.27. The lowest BCUT2D eigenvalue weighted by molar-refractivity contribution is 0.623. The second kappa shape index (κ2) is 4.25. The molecule has 3 N–H and O–H groups in total. The third-order valence-electron chi connectivity index (χ3n) is 3.12. The predicted octanol–water partition coefficient (Wildman–Crippen LogP) is 4.37. The van der Waals surface area contributed by atoms with Gasteiger partial charge in [0.05, 0.1) is 0 Å². The van der Waals surface area contributed by atoms with Gasteiger partial charge in [0.2, 0.25) is 0 Å². The van der Waals surface area contributed by atoms with Crippen LogP contribution in [0.5, 0.6) is 0 Å². The van der Waals surface area contributed by atoms with Crippen molar-refractivity contribution >= 4 is 49.9 Å². The van der Waals surface area contributed by atoms with E-state index in [0.29, 0.717) is 17.3 Å². The Balaban J connectivity index is 1.72. The van der Waals surface area contributed by atoms with E-state index >= 15 is 0 Å². The Bertz CT molecular complexity index is 910. The SMILES string of the molecule is Nc1ccc2nc(Nc3ccc4sccc4c3)oc2c1. The summed E-state index contributed by atoms with van der Waals surface area (Å²) in [4.78, 5) is 4.39. The van der Waals surface area contributed by atoms with E-state index in [9.17, 15) is 0 Å². The van der Waals surface area contributed by atoms with Gasteiger partial charge in [-0.1, -0.05) is 0 Å². The summed E-state index contributed by atoms with van der Waals surface area (Å²) in [6, 6.07) is 14.2. The number of nitrogen functional groups attached to an aromatic ring is 1. The Kier molecular flexibility index (Phi) is 2.40. The van der Waals surface area contributed by atoms with Crippen molar-refractivity contribution in [1.82, 2.24) is 4.98 Å². The number of aromatic nitrogens is 1. The van der Waals surface area contributed by atoms with Crippen LogP contribution in [0.2, 0.25) is 0 Å². The Labute approximate surface area is 118 Å². The second-order valence-electron chi connectivity index (χ2n) is 4.54. The number of benzene rings is 2. The molecule has 0 aliphatic heterocycles. The van der Waals surface area contributed by atoms with Gasteiger partial charge in [0.15, 0.2) is 5.58 Å². The normalized spacial score (nSPS) is 11.2. The highest BCUT2D eigenvalue weighted by molar-refractivity contribution is 7.17. The number of nitrogens with zero attached hydrogens (tertiary/aromatic N) is 1. The number of oxazole rings is 1. The van der Waals surface area contributed by atoms with Crippen molar-refractivity contribution in [1.29, 1.82) is 0 Å². The summed E-state index contributed by atoms with van der Waals surface area (Å²) in [5.41, 5.74) is 8.82. The van der Waals surface area contributed by atoms with Crippen molar-refractivity contribution < 1.29 is 4.42 Å². The molecule has 4 aromatic rings. The average Bonchev–Trinajstić information content (AvgIpc) is 3.03. The molecule has 0 bridgehead atoms. The van der Waals surface area contributed by atoms with Gasteiger partial charge < -0.3 is 15.5 Å². The lowest BCUT2D eigenvalue weighted by atomic mass is 10.2. The maximum Gasteiger partial charge on any atom is 0.300 e. The van der Waals surface area contributed by atoms with Gasteiger partial charge in [-0.05, 0) is 47.2 Å². The molecule has 0 radical (unpaired) electrons.